The van der Waals surface area contributed by atoms with E-state index in [1.54, 1.807) is 24.3 Å². The van der Waals surface area contributed by atoms with Gasteiger partial charge in [0.05, 0.1) is 0 Å². The first-order valence-corrected chi connectivity index (χ1v) is 8.74. The number of benzene rings is 2. The van der Waals surface area contributed by atoms with E-state index in [9.17, 15) is 18.4 Å². The Hall–Kier alpha value is -2.45. The summed E-state index contributed by atoms with van der Waals surface area (Å²) in [7, 11) is 0. The summed E-state index contributed by atoms with van der Waals surface area (Å²) in [6.07, 6.45) is -0.113. The molecule has 0 radical (unpaired) electrons. The molecule has 5 nitrogen and oxygen atoms in total. The molecule has 1 fully saturated rings. The maximum Gasteiger partial charge on any atom is 0.240 e. The van der Waals surface area contributed by atoms with E-state index in [0.29, 0.717) is 10.7 Å². The molecule has 134 valence electrons. The molecule has 1 atom stereocenters. The van der Waals surface area contributed by atoms with Gasteiger partial charge in [0, 0.05) is 17.1 Å². The van der Waals surface area contributed by atoms with Crippen molar-refractivity contribution < 1.29 is 18.4 Å². The summed E-state index contributed by atoms with van der Waals surface area (Å²) in [4.78, 5) is 27.9. The van der Waals surface area contributed by atoms with Crippen LogP contribution in [0.15, 0.2) is 47.5 Å². The average Bonchev–Trinajstić information content (AvgIpc) is 2.93. The molecule has 2 aromatic carbocycles. The van der Waals surface area contributed by atoms with Crippen LogP contribution in [0.5, 0.6) is 0 Å². The predicted molar refractivity (Wildman–Crippen MR) is 97.7 cm³/mol. The van der Waals surface area contributed by atoms with Gasteiger partial charge in [-0.3, -0.25) is 9.59 Å². The van der Waals surface area contributed by atoms with Gasteiger partial charge in [0.2, 0.25) is 11.8 Å². The Morgan fingerprint density at radius 2 is 1.85 bits per heavy atom. The van der Waals surface area contributed by atoms with Crippen LogP contribution in [0.25, 0.3) is 0 Å². The average molecular weight is 396 g/mol. The van der Waals surface area contributed by atoms with Crippen LogP contribution < -0.4 is 10.6 Å². The molecule has 0 spiro atoms. The molecular formula is C17H12ClF2N3O2S. The lowest BCUT2D eigenvalue weighted by Gasteiger charge is -2.07. The van der Waals surface area contributed by atoms with Crippen LogP contribution in [0, 0.1) is 11.6 Å². The summed E-state index contributed by atoms with van der Waals surface area (Å²) in [5, 5.41) is 4.92. The van der Waals surface area contributed by atoms with Crippen LogP contribution in [-0.4, -0.2) is 22.2 Å². The number of carbonyl (C=O) groups is 2. The topological polar surface area (TPSA) is 70.6 Å². The maximum atomic E-state index is 13.6. The summed E-state index contributed by atoms with van der Waals surface area (Å²) in [5.74, 6) is -2.50. The minimum absolute atomic E-state index is 0.0447. The van der Waals surface area contributed by atoms with Crippen LogP contribution in [0.3, 0.4) is 0 Å². The van der Waals surface area contributed by atoms with Gasteiger partial charge >= 0.3 is 0 Å². The molecule has 3 rings (SSSR count). The van der Waals surface area contributed by atoms with Crippen molar-refractivity contribution in [3.8, 4) is 0 Å². The molecule has 1 aliphatic rings. The van der Waals surface area contributed by atoms with E-state index in [-0.39, 0.29) is 17.5 Å². The maximum absolute atomic E-state index is 13.6. The Labute approximate surface area is 156 Å². The van der Waals surface area contributed by atoms with E-state index in [2.05, 4.69) is 15.6 Å². The standard InChI is InChI=1S/C17H12ClF2N3O2S/c18-9-4-6-10(7-5-9)21-14(24)8-13-16(25)23-17(26-13)22-15-11(19)2-1-3-12(15)20/h1-7,13H,8H2,(H,21,24)(H,22,23,25)/t13-/m1/s1. The van der Waals surface area contributed by atoms with E-state index in [1.165, 1.54) is 6.07 Å². The SMILES string of the molecule is O=C(C[C@H]1SC(=Nc2c(F)cccc2F)NC1=O)Nc1ccc(Cl)cc1. The highest BCUT2D eigenvalue weighted by atomic mass is 35.5. The van der Waals surface area contributed by atoms with Crippen LogP contribution >= 0.6 is 23.4 Å². The fourth-order valence-corrected chi connectivity index (χ4v) is 3.30. The summed E-state index contributed by atoms with van der Waals surface area (Å²) >= 11 is 6.72. The zero-order valence-corrected chi connectivity index (χ0v) is 14.7. The number of rotatable bonds is 4. The van der Waals surface area contributed by atoms with Gasteiger partial charge in [0.1, 0.15) is 10.9 Å². The first-order valence-electron chi connectivity index (χ1n) is 7.48. The number of hydrogen-bond acceptors (Lipinski definition) is 4. The van der Waals surface area contributed by atoms with Crippen molar-refractivity contribution in [2.45, 2.75) is 11.7 Å². The lowest BCUT2D eigenvalue weighted by Crippen LogP contribution is -2.28. The zero-order valence-electron chi connectivity index (χ0n) is 13.1. The number of aliphatic imine (C=N–C) groups is 1. The van der Waals surface area contributed by atoms with Gasteiger partial charge in [-0.1, -0.05) is 29.4 Å². The number of nitrogens with one attached hydrogen (secondary N) is 2. The first kappa shape index (κ1) is 18.3. The summed E-state index contributed by atoms with van der Waals surface area (Å²) in [6, 6.07) is 9.89. The smallest absolute Gasteiger partial charge is 0.240 e. The highest BCUT2D eigenvalue weighted by molar-refractivity contribution is 8.15. The van der Waals surface area contributed by atoms with Crippen LogP contribution in [-0.2, 0) is 9.59 Å². The van der Waals surface area contributed by atoms with Crippen molar-refractivity contribution in [3.63, 3.8) is 0 Å². The third-order valence-corrected chi connectivity index (χ3v) is 4.76. The second-order valence-corrected chi connectivity index (χ2v) is 6.97. The lowest BCUT2D eigenvalue weighted by atomic mass is 10.2. The van der Waals surface area contributed by atoms with Gasteiger partial charge in [0.15, 0.2) is 16.8 Å². The number of amidine groups is 1. The second-order valence-electron chi connectivity index (χ2n) is 5.34. The molecule has 0 saturated carbocycles. The molecular weight excluding hydrogens is 384 g/mol. The molecule has 0 aromatic heterocycles. The number of nitrogens with zero attached hydrogens (tertiary/aromatic N) is 1. The Kier molecular flexibility index (Phi) is 5.53. The molecule has 0 aliphatic carbocycles. The van der Waals surface area contributed by atoms with Gasteiger partial charge in [0.25, 0.3) is 0 Å². The molecule has 0 bridgehead atoms. The highest BCUT2D eigenvalue weighted by Crippen LogP contribution is 2.28. The number of hydrogen-bond donors (Lipinski definition) is 2. The summed E-state index contributed by atoms with van der Waals surface area (Å²) < 4.78 is 27.3. The fraction of sp³-hybridized carbons (Fsp3) is 0.118. The number of thioether (sulfide) groups is 1. The van der Waals surface area contributed by atoms with E-state index in [0.717, 1.165) is 23.9 Å². The Morgan fingerprint density at radius 3 is 2.50 bits per heavy atom. The predicted octanol–water partition coefficient (Wildman–Crippen LogP) is 3.87. The monoisotopic (exact) mass is 395 g/mol. The van der Waals surface area contributed by atoms with Crippen molar-refractivity contribution in [2.75, 3.05) is 5.32 Å². The molecule has 26 heavy (non-hydrogen) atoms. The van der Waals surface area contributed by atoms with Gasteiger partial charge in [-0.2, -0.15) is 0 Å². The molecule has 1 heterocycles. The summed E-state index contributed by atoms with van der Waals surface area (Å²) in [5.41, 5.74) is 0.0617. The van der Waals surface area contributed by atoms with E-state index in [4.69, 9.17) is 11.6 Å². The molecule has 0 unspecified atom stereocenters. The van der Waals surface area contributed by atoms with Gasteiger partial charge in [-0.25, -0.2) is 13.8 Å². The van der Waals surface area contributed by atoms with E-state index in [1.807, 2.05) is 0 Å². The van der Waals surface area contributed by atoms with Crippen LogP contribution in [0.2, 0.25) is 5.02 Å². The molecule has 2 N–H and O–H groups in total. The van der Waals surface area contributed by atoms with Gasteiger partial charge in [-0.05, 0) is 36.4 Å². The number of para-hydroxylation sites is 1. The molecule has 1 saturated heterocycles. The summed E-state index contributed by atoms with van der Waals surface area (Å²) in [6.45, 7) is 0. The molecule has 2 aromatic rings. The van der Waals surface area contributed by atoms with Gasteiger partial charge < -0.3 is 10.6 Å². The number of amides is 2. The molecule has 1 aliphatic heterocycles. The Morgan fingerprint density at radius 1 is 1.19 bits per heavy atom. The third-order valence-electron chi connectivity index (χ3n) is 3.43. The normalized spacial score (nSPS) is 18.0. The lowest BCUT2D eigenvalue weighted by molar-refractivity contribution is -0.122. The van der Waals surface area contributed by atoms with Crippen molar-refractivity contribution >= 4 is 51.7 Å². The minimum Gasteiger partial charge on any atom is -0.326 e. The largest absolute Gasteiger partial charge is 0.326 e. The number of anilines is 1. The van der Waals surface area contributed by atoms with Crippen molar-refractivity contribution in [1.82, 2.24) is 5.32 Å². The van der Waals surface area contributed by atoms with Crippen molar-refractivity contribution in [3.05, 3.63) is 59.1 Å². The quantitative estimate of drug-likeness (QED) is 0.825. The van der Waals surface area contributed by atoms with E-state index < -0.39 is 28.5 Å². The molecule has 9 heteroatoms. The number of carbonyl (C=O) groups excluding carboxylic acids is 2. The second kappa shape index (κ2) is 7.84. The third kappa shape index (κ3) is 4.39. The first-order chi connectivity index (χ1) is 12.4. The van der Waals surface area contributed by atoms with Crippen molar-refractivity contribution in [2.24, 2.45) is 4.99 Å². The fourth-order valence-electron chi connectivity index (χ4n) is 2.20. The van der Waals surface area contributed by atoms with Crippen LogP contribution in [0.1, 0.15) is 6.42 Å². The molecule has 2 amide bonds. The zero-order chi connectivity index (χ0) is 18.7. The Bertz CT molecular complexity index is 870. The Balaban J connectivity index is 1.65. The number of halogens is 3. The van der Waals surface area contributed by atoms with Gasteiger partial charge in [-0.15, -0.1) is 0 Å². The van der Waals surface area contributed by atoms with E-state index >= 15 is 0 Å². The van der Waals surface area contributed by atoms with Crippen molar-refractivity contribution in [1.29, 1.82) is 0 Å². The minimum atomic E-state index is -0.837. The highest BCUT2D eigenvalue weighted by Gasteiger charge is 2.32. The van der Waals surface area contributed by atoms with Crippen LogP contribution in [0.4, 0.5) is 20.2 Å².